The molecule has 0 spiro atoms. The molecule has 2 aliphatic heterocycles. The summed E-state index contributed by atoms with van der Waals surface area (Å²) in [6.45, 7) is 4.12. The van der Waals surface area contributed by atoms with Gasteiger partial charge in [-0.3, -0.25) is 9.59 Å². The highest BCUT2D eigenvalue weighted by Gasteiger charge is 2.59. The molecular weight excluding hydrogens is 541 g/mol. The highest BCUT2D eigenvalue weighted by atomic mass is 79.9. The molecule has 37 heavy (non-hydrogen) atoms. The number of allylic oxidation sites excluding steroid dienone is 2. The lowest BCUT2D eigenvalue weighted by Gasteiger charge is -2.43. The second-order valence-corrected chi connectivity index (χ2v) is 10.9. The van der Waals surface area contributed by atoms with E-state index in [1.165, 1.54) is 0 Å². The zero-order valence-electron chi connectivity index (χ0n) is 21.4. The van der Waals surface area contributed by atoms with E-state index in [1.807, 2.05) is 12.1 Å². The molecule has 10 heteroatoms. The number of carbonyl (C=O) groups is 3. The fourth-order valence-electron chi connectivity index (χ4n) is 6.10. The lowest BCUT2D eigenvalue weighted by Crippen LogP contribution is -2.46. The number of ether oxygens (including phenoxy) is 1. The molecule has 8 nitrogen and oxygen atoms in total. The third-order valence-corrected chi connectivity index (χ3v) is 8.24. The second kappa shape index (κ2) is 11.5. The molecule has 2 heterocycles. The van der Waals surface area contributed by atoms with E-state index in [1.54, 1.807) is 12.1 Å². The summed E-state index contributed by atoms with van der Waals surface area (Å²) in [5.41, 5.74) is 3.93. The number of phenols is 1. The van der Waals surface area contributed by atoms with E-state index in [2.05, 4.69) is 29.8 Å². The van der Waals surface area contributed by atoms with Crippen molar-refractivity contribution >= 4 is 47.0 Å². The van der Waals surface area contributed by atoms with Crippen molar-refractivity contribution in [3.63, 3.8) is 0 Å². The normalized spacial score (nSPS) is 25.9. The van der Waals surface area contributed by atoms with E-state index in [0.717, 1.165) is 53.1 Å². The van der Waals surface area contributed by atoms with E-state index >= 15 is 0 Å². The molecule has 0 bridgehead atoms. The minimum Gasteiger partial charge on any atom is -0.507 e. The maximum absolute atomic E-state index is 13.3. The van der Waals surface area contributed by atoms with Gasteiger partial charge in [-0.15, -0.1) is 0 Å². The number of nitrogens with zero attached hydrogens (tertiary/aromatic N) is 1. The van der Waals surface area contributed by atoms with Crippen LogP contribution in [0.25, 0.3) is 6.08 Å². The van der Waals surface area contributed by atoms with Crippen LogP contribution in [0.5, 0.6) is 5.75 Å². The number of likely N-dealkylation sites (tertiary alicyclic amines) is 1. The van der Waals surface area contributed by atoms with Crippen LogP contribution in [0.1, 0.15) is 57.9 Å². The predicted molar refractivity (Wildman–Crippen MR) is 142 cm³/mol. The van der Waals surface area contributed by atoms with Crippen LogP contribution in [0.3, 0.4) is 0 Å². The van der Waals surface area contributed by atoms with Gasteiger partial charge in [0.15, 0.2) is 0 Å². The summed E-state index contributed by atoms with van der Waals surface area (Å²) >= 11 is 3.45. The van der Waals surface area contributed by atoms with E-state index in [9.17, 15) is 24.5 Å². The third kappa shape index (κ3) is 5.42. The minimum absolute atomic E-state index is 0.199. The first kappa shape index (κ1) is 27.6. The van der Waals surface area contributed by atoms with E-state index in [0.29, 0.717) is 24.2 Å². The van der Waals surface area contributed by atoms with E-state index in [-0.39, 0.29) is 18.0 Å². The molecule has 0 aromatic heterocycles. The van der Waals surface area contributed by atoms with Gasteiger partial charge in [0.25, 0.3) is 0 Å². The number of hydrogen-bond acceptors (Lipinski definition) is 7. The van der Waals surface area contributed by atoms with Crippen molar-refractivity contribution in [1.82, 2.24) is 4.90 Å². The molecule has 198 valence electrons. The quantitative estimate of drug-likeness (QED) is 0.265. The summed E-state index contributed by atoms with van der Waals surface area (Å²) < 4.78 is 11.6. The van der Waals surface area contributed by atoms with Crippen LogP contribution in [0, 0.1) is 17.8 Å². The number of carbonyl (C=O) groups excluding carboxylic acids is 3. The SMILES string of the molecule is CCCC1=C2[C@@H](CC/C(=C/c3cc(Br)ccc3O)CC)OB(O)C[C@@H]2[C@@H]2C(=O)N(C(=O)OC)C(=O)[C@@H]2C1. The maximum atomic E-state index is 13.3. The van der Waals surface area contributed by atoms with Crippen molar-refractivity contribution in [3.05, 3.63) is 45.0 Å². The number of hydrogen-bond donors (Lipinski definition) is 2. The molecular formula is C27H33BBrNO7. The fourth-order valence-corrected chi connectivity index (χ4v) is 6.48. The number of methoxy groups -OCH3 is 1. The Bertz CT molecular complexity index is 1150. The highest BCUT2D eigenvalue weighted by molar-refractivity contribution is 9.10. The van der Waals surface area contributed by atoms with Crippen LogP contribution >= 0.6 is 15.9 Å². The van der Waals surface area contributed by atoms with E-state index < -0.39 is 43.0 Å². The molecule has 2 N–H and O–H groups in total. The topological polar surface area (TPSA) is 113 Å². The van der Waals surface area contributed by atoms with Gasteiger partial charge in [0.2, 0.25) is 11.8 Å². The lowest BCUT2D eigenvalue weighted by atomic mass is 9.58. The molecule has 2 fully saturated rings. The number of aromatic hydroxyl groups is 1. The molecule has 1 aliphatic carbocycles. The number of halogens is 1. The molecule has 3 aliphatic rings. The van der Waals surface area contributed by atoms with Crippen LogP contribution < -0.4 is 0 Å². The lowest BCUT2D eigenvalue weighted by molar-refractivity contribution is -0.137. The highest BCUT2D eigenvalue weighted by Crippen LogP contribution is 2.51. The Morgan fingerprint density at radius 1 is 1.27 bits per heavy atom. The Hall–Kier alpha value is -2.43. The summed E-state index contributed by atoms with van der Waals surface area (Å²) in [6.07, 6.45) is 4.88. The van der Waals surface area contributed by atoms with Gasteiger partial charge in [-0.25, -0.2) is 4.79 Å². The van der Waals surface area contributed by atoms with Gasteiger partial charge >= 0.3 is 13.2 Å². The smallest absolute Gasteiger partial charge is 0.455 e. The van der Waals surface area contributed by atoms with Crippen molar-refractivity contribution in [2.45, 2.75) is 64.8 Å². The van der Waals surface area contributed by atoms with Crippen LogP contribution in [0.2, 0.25) is 6.32 Å². The molecule has 3 amide bonds. The van der Waals surface area contributed by atoms with Crippen molar-refractivity contribution in [2.24, 2.45) is 17.8 Å². The van der Waals surface area contributed by atoms with Crippen LogP contribution in [0.4, 0.5) is 4.79 Å². The van der Waals surface area contributed by atoms with Gasteiger partial charge in [-0.2, -0.15) is 4.90 Å². The van der Waals surface area contributed by atoms with Crippen molar-refractivity contribution < 1.29 is 33.9 Å². The van der Waals surface area contributed by atoms with Gasteiger partial charge in [0.1, 0.15) is 5.75 Å². The monoisotopic (exact) mass is 573 g/mol. The molecule has 1 aromatic rings. The molecule has 4 atom stereocenters. The number of benzene rings is 1. The average molecular weight is 574 g/mol. The summed E-state index contributed by atoms with van der Waals surface area (Å²) in [5, 5.41) is 20.9. The fraction of sp³-hybridized carbons (Fsp3) is 0.519. The maximum Gasteiger partial charge on any atom is 0.455 e. The zero-order valence-corrected chi connectivity index (χ0v) is 23.0. The van der Waals surface area contributed by atoms with Crippen molar-refractivity contribution in [2.75, 3.05) is 7.11 Å². The molecule has 0 unspecified atom stereocenters. The summed E-state index contributed by atoms with van der Waals surface area (Å²) in [6, 6.07) is 5.29. The first-order chi connectivity index (χ1) is 17.7. The Balaban J connectivity index is 1.64. The molecule has 0 radical (unpaired) electrons. The average Bonchev–Trinajstić information content (AvgIpc) is 3.12. The largest absolute Gasteiger partial charge is 0.507 e. The Kier molecular flexibility index (Phi) is 8.61. The zero-order chi connectivity index (χ0) is 26.9. The molecule has 1 aromatic carbocycles. The molecule has 4 rings (SSSR count). The summed E-state index contributed by atoms with van der Waals surface area (Å²) in [4.78, 5) is 39.2. The summed E-state index contributed by atoms with van der Waals surface area (Å²) in [5.74, 6) is -2.57. The van der Waals surface area contributed by atoms with Crippen LogP contribution in [0.15, 0.2) is 39.4 Å². The van der Waals surface area contributed by atoms with Crippen LogP contribution in [-0.4, -0.2) is 53.3 Å². The van der Waals surface area contributed by atoms with Gasteiger partial charge < -0.3 is 19.5 Å². The number of imide groups is 3. The van der Waals surface area contributed by atoms with Gasteiger partial charge in [-0.05, 0) is 68.1 Å². The number of fused-ring (bicyclic) bond motifs is 3. The number of amides is 3. The van der Waals surface area contributed by atoms with Gasteiger partial charge in [-0.1, -0.05) is 53.4 Å². The standard InChI is InChI=1S/C27H33BBrNO7/c1-4-6-16-13-19-24(26(33)30(25(19)32)27(34)36-3)20-14-28(35)37-22(23(16)20)10-7-15(5-2)11-17-12-18(29)8-9-21(17)31/h8-9,11-12,19-20,22,24,31,35H,4-7,10,13-14H2,1-3H3/b15-11+/t19-,20+,22-,24-/m1/s1. The van der Waals surface area contributed by atoms with Crippen LogP contribution in [-0.2, 0) is 19.0 Å². The Morgan fingerprint density at radius 3 is 2.70 bits per heavy atom. The minimum atomic E-state index is -1.07. The first-order valence-corrected chi connectivity index (χ1v) is 13.7. The summed E-state index contributed by atoms with van der Waals surface area (Å²) in [7, 11) is 0.0801. The van der Waals surface area contributed by atoms with Crippen molar-refractivity contribution in [3.8, 4) is 5.75 Å². The third-order valence-electron chi connectivity index (χ3n) is 7.75. The predicted octanol–water partition coefficient (Wildman–Crippen LogP) is 5.09. The molecule has 2 saturated heterocycles. The molecule has 0 saturated carbocycles. The van der Waals surface area contributed by atoms with Gasteiger partial charge in [0.05, 0.1) is 25.0 Å². The number of phenolic OH excluding ortho intramolecular Hbond substituents is 1. The number of rotatable bonds is 7. The van der Waals surface area contributed by atoms with E-state index in [4.69, 9.17) is 9.39 Å². The second-order valence-electron chi connectivity index (χ2n) is 9.95. The first-order valence-electron chi connectivity index (χ1n) is 12.9. The Morgan fingerprint density at radius 2 is 2.03 bits per heavy atom. The van der Waals surface area contributed by atoms with Crippen molar-refractivity contribution in [1.29, 1.82) is 0 Å². The Labute approximate surface area is 226 Å². The van der Waals surface area contributed by atoms with Gasteiger partial charge in [0, 0.05) is 10.0 Å².